The van der Waals surface area contributed by atoms with Crippen molar-refractivity contribution in [3.05, 3.63) is 30.2 Å². The normalized spacial score (nSPS) is 16.2. The maximum Gasteiger partial charge on any atom is 0.573 e. The van der Waals surface area contributed by atoms with E-state index in [1.54, 1.807) is 13.0 Å². The summed E-state index contributed by atoms with van der Waals surface area (Å²) in [5.41, 5.74) is 0.314. The first kappa shape index (κ1) is 28.7. The van der Waals surface area contributed by atoms with Crippen molar-refractivity contribution in [2.45, 2.75) is 30.5 Å². The lowest BCUT2D eigenvalue weighted by atomic mass is 10.2. The Morgan fingerprint density at radius 1 is 1.21 bits per heavy atom. The molecule has 17 heteroatoms. The molecular weight excluding hydrogens is 563 g/mol. The SMILES string of the molecule is COC(=O)Nc1nc(C)c(S(=O)(=O)N2CCN(C[C@H](C)Nc3ncnc4c(OC(F)(F)F)cccc34)CC2)s1. The highest BCUT2D eigenvalue weighted by atomic mass is 32.2. The first-order valence-electron chi connectivity index (χ1n) is 11.7. The van der Waals surface area contributed by atoms with Crippen LogP contribution in [-0.4, -0.2) is 90.9 Å². The first-order chi connectivity index (χ1) is 18.4. The molecule has 3 aromatic rings. The van der Waals surface area contributed by atoms with Crippen molar-refractivity contribution in [3.63, 3.8) is 0 Å². The van der Waals surface area contributed by atoms with Gasteiger partial charge in [-0.2, -0.15) is 4.31 Å². The Kier molecular flexibility index (Phi) is 8.43. The number of carbonyl (C=O) groups excluding carboxylic acids is 1. The number of piperazine rings is 1. The van der Waals surface area contributed by atoms with Gasteiger partial charge < -0.3 is 14.8 Å². The van der Waals surface area contributed by atoms with Gasteiger partial charge >= 0.3 is 12.5 Å². The molecule has 0 bridgehead atoms. The van der Waals surface area contributed by atoms with Crippen LogP contribution in [0.5, 0.6) is 5.75 Å². The summed E-state index contributed by atoms with van der Waals surface area (Å²) >= 11 is 0.862. The van der Waals surface area contributed by atoms with Gasteiger partial charge in [0.25, 0.3) is 10.0 Å². The number of aryl methyl sites for hydroxylation is 1. The number of methoxy groups -OCH3 is 1. The number of carbonyl (C=O) groups is 1. The van der Waals surface area contributed by atoms with Gasteiger partial charge in [-0.05, 0) is 26.0 Å². The van der Waals surface area contributed by atoms with Gasteiger partial charge in [-0.3, -0.25) is 10.2 Å². The van der Waals surface area contributed by atoms with Crippen molar-refractivity contribution in [3.8, 4) is 5.75 Å². The highest BCUT2D eigenvalue weighted by Gasteiger charge is 2.33. The molecule has 12 nitrogen and oxygen atoms in total. The lowest BCUT2D eigenvalue weighted by Crippen LogP contribution is -2.50. The number of sulfonamides is 1. The number of nitrogens with one attached hydrogen (secondary N) is 2. The molecule has 1 aromatic carbocycles. The van der Waals surface area contributed by atoms with E-state index in [1.165, 1.54) is 23.5 Å². The second kappa shape index (κ2) is 11.4. The predicted octanol–water partition coefficient (Wildman–Crippen LogP) is 3.28. The van der Waals surface area contributed by atoms with Gasteiger partial charge in [0.15, 0.2) is 15.1 Å². The lowest BCUT2D eigenvalue weighted by molar-refractivity contribution is -0.274. The third-order valence-corrected chi connectivity index (χ3v) is 9.38. The highest BCUT2D eigenvalue weighted by Crippen LogP contribution is 2.32. The van der Waals surface area contributed by atoms with Crippen molar-refractivity contribution in [1.82, 2.24) is 24.2 Å². The van der Waals surface area contributed by atoms with E-state index >= 15 is 0 Å². The van der Waals surface area contributed by atoms with Gasteiger partial charge in [-0.1, -0.05) is 17.4 Å². The Bertz CT molecular complexity index is 1440. The standard InChI is InChI=1S/C22H26F3N7O5S2/c1-13(28-18-15-5-4-6-16(37-22(23,24)25)17(15)26-12-27-18)11-31-7-9-32(10-8-31)39(34,35)19-14(2)29-20(38-19)30-21(33)36-3/h4-6,12-13H,7-11H2,1-3H3,(H,26,27,28)(H,29,30,33)/t13-/m0/s1. The van der Waals surface area contributed by atoms with Crippen molar-refractivity contribution >= 4 is 49.3 Å². The third kappa shape index (κ3) is 6.84. The van der Waals surface area contributed by atoms with E-state index in [1.807, 2.05) is 6.92 Å². The maximum atomic E-state index is 13.2. The van der Waals surface area contributed by atoms with Gasteiger partial charge in [0.05, 0.1) is 12.8 Å². The summed E-state index contributed by atoms with van der Waals surface area (Å²) in [6.45, 7) is 5.41. The van der Waals surface area contributed by atoms with Crippen LogP contribution >= 0.6 is 11.3 Å². The number of anilines is 2. The number of hydrogen-bond donors (Lipinski definition) is 2. The Morgan fingerprint density at radius 3 is 2.59 bits per heavy atom. The fraction of sp³-hybridized carbons (Fsp3) is 0.455. The number of thiazole rings is 1. The second-order valence-electron chi connectivity index (χ2n) is 8.68. The third-order valence-electron chi connectivity index (χ3n) is 5.82. The van der Waals surface area contributed by atoms with E-state index in [9.17, 15) is 26.4 Å². The van der Waals surface area contributed by atoms with E-state index in [2.05, 4.69) is 40.0 Å². The van der Waals surface area contributed by atoms with Crippen molar-refractivity contribution in [2.24, 2.45) is 0 Å². The van der Waals surface area contributed by atoms with Crippen LogP contribution in [0, 0.1) is 6.92 Å². The molecule has 1 fully saturated rings. The molecule has 2 N–H and O–H groups in total. The number of alkyl halides is 3. The molecule has 1 amide bonds. The molecule has 0 radical (unpaired) electrons. The van der Waals surface area contributed by atoms with Crippen LogP contribution in [0.3, 0.4) is 0 Å². The van der Waals surface area contributed by atoms with Gasteiger partial charge in [0.2, 0.25) is 0 Å². The number of hydrogen-bond acceptors (Lipinski definition) is 11. The number of aromatic nitrogens is 3. The van der Waals surface area contributed by atoms with E-state index in [4.69, 9.17) is 0 Å². The van der Waals surface area contributed by atoms with Crippen LogP contribution in [0.2, 0.25) is 0 Å². The zero-order valence-electron chi connectivity index (χ0n) is 21.1. The summed E-state index contributed by atoms with van der Waals surface area (Å²) in [5, 5.41) is 6.10. The van der Waals surface area contributed by atoms with Gasteiger partial charge in [-0.15, -0.1) is 13.2 Å². The molecule has 212 valence electrons. The van der Waals surface area contributed by atoms with E-state index < -0.39 is 28.2 Å². The molecule has 1 aliphatic rings. The zero-order chi connectivity index (χ0) is 28.4. The number of amides is 1. The predicted molar refractivity (Wildman–Crippen MR) is 137 cm³/mol. The number of ether oxygens (including phenoxy) is 2. The Morgan fingerprint density at radius 2 is 1.92 bits per heavy atom. The van der Waals surface area contributed by atoms with E-state index in [0.29, 0.717) is 30.8 Å². The Hall–Kier alpha value is -3.28. The topological polar surface area (TPSA) is 139 Å². The molecule has 0 unspecified atom stereocenters. The van der Waals surface area contributed by atoms with Crippen LogP contribution in [0.15, 0.2) is 28.7 Å². The molecule has 1 atom stereocenters. The smallest absolute Gasteiger partial charge is 0.453 e. The van der Waals surface area contributed by atoms with E-state index in [-0.39, 0.29) is 39.7 Å². The van der Waals surface area contributed by atoms with Gasteiger partial charge in [-0.25, -0.2) is 28.2 Å². The zero-order valence-corrected chi connectivity index (χ0v) is 22.8. The lowest BCUT2D eigenvalue weighted by Gasteiger charge is -2.35. The van der Waals surface area contributed by atoms with Gasteiger partial charge in [0.1, 0.15) is 17.7 Å². The second-order valence-corrected chi connectivity index (χ2v) is 11.8. The summed E-state index contributed by atoms with van der Waals surface area (Å²) < 4.78 is 74.8. The molecule has 0 aliphatic carbocycles. The molecule has 0 saturated carbocycles. The number of halogens is 3. The fourth-order valence-electron chi connectivity index (χ4n) is 4.13. The average molecular weight is 590 g/mol. The molecular formula is C22H26F3N7O5S2. The summed E-state index contributed by atoms with van der Waals surface area (Å²) in [7, 11) is -2.61. The summed E-state index contributed by atoms with van der Waals surface area (Å²) in [5.74, 6) is -0.0572. The number of para-hydroxylation sites is 1. The molecule has 0 spiro atoms. The first-order valence-corrected chi connectivity index (χ1v) is 13.9. The minimum Gasteiger partial charge on any atom is -0.453 e. The monoisotopic (exact) mass is 589 g/mol. The summed E-state index contributed by atoms with van der Waals surface area (Å²) in [6.07, 6.45) is -4.43. The average Bonchev–Trinajstić information content (AvgIpc) is 3.24. The molecule has 2 aromatic heterocycles. The Balaban J connectivity index is 1.37. The largest absolute Gasteiger partial charge is 0.573 e. The minimum absolute atomic E-state index is 0.0293. The molecule has 3 heterocycles. The van der Waals surface area contributed by atoms with E-state index in [0.717, 1.165) is 17.7 Å². The van der Waals surface area contributed by atoms with Gasteiger partial charge in [0, 0.05) is 44.2 Å². The van der Waals surface area contributed by atoms with Crippen molar-refractivity contribution in [2.75, 3.05) is 50.5 Å². The Labute approximate surface area is 226 Å². The number of benzene rings is 1. The quantitative estimate of drug-likeness (QED) is 0.403. The maximum absolute atomic E-state index is 13.2. The van der Waals surface area contributed by atoms with Crippen molar-refractivity contribution < 1.29 is 35.9 Å². The van der Waals surface area contributed by atoms with Crippen LogP contribution in [-0.2, 0) is 14.8 Å². The number of nitrogens with zero attached hydrogens (tertiary/aromatic N) is 5. The van der Waals surface area contributed by atoms with Crippen molar-refractivity contribution in [1.29, 1.82) is 0 Å². The summed E-state index contributed by atoms with van der Waals surface area (Å²) in [6, 6.07) is 4.05. The summed E-state index contributed by atoms with van der Waals surface area (Å²) in [4.78, 5) is 25.8. The fourth-order valence-corrected chi connectivity index (χ4v) is 7.09. The van der Waals surface area contributed by atoms with Crippen LogP contribution in [0.4, 0.5) is 28.9 Å². The molecule has 1 saturated heterocycles. The van der Waals surface area contributed by atoms with Crippen LogP contribution < -0.4 is 15.4 Å². The van der Waals surface area contributed by atoms with Crippen LogP contribution in [0.1, 0.15) is 12.6 Å². The number of fused-ring (bicyclic) bond motifs is 1. The highest BCUT2D eigenvalue weighted by molar-refractivity contribution is 7.91. The number of rotatable bonds is 8. The molecule has 39 heavy (non-hydrogen) atoms. The molecule has 4 rings (SSSR count). The minimum atomic E-state index is -4.85. The molecule has 1 aliphatic heterocycles. The van der Waals surface area contributed by atoms with Crippen LogP contribution in [0.25, 0.3) is 10.9 Å².